The van der Waals surface area contributed by atoms with E-state index in [0.717, 1.165) is 32.2 Å². The highest BCUT2D eigenvalue weighted by atomic mass is 79.9. The highest BCUT2D eigenvalue weighted by molar-refractivity contribution is 9.10. The van der Waals surface area contributed by atoms with Gasteiger partial charge in [0.1, 0.15) is 11.3 Å². The normalized spacial score (nSPS) is 12.5. The summed E-state index contributed by atoms with van der Waals surface area (Å²) in [7, 11) is 0. The maximum absolute atomic E-state index is 12.8. The zero-order chi connectivity index (χ0) is 17.0. The van der Waals surface area contributed by atoms with Crippen molar-refractivity contribution in [1.82, 2.24) is 9.38 Å². The first-order chi connectivity index (χ1) is 11.5. The molecule has 0 aliphatic rings. The zero-order valence-corrected chi connectivity index (χ0v) is 15.4. The van der Waals surface area contributed by atoms with Crippen LogP contribution in [0.15, 0.2) is 39.6 Å². The zero-order valence-electron chi connectivity index (χ0n) is 13.0. The Kier molecular flexibility index (Phi) is 3.47. The van der Waals surface area contributed by atoms with Gasteiger partial charge < -0.3 is 5.11 Å². The van der Waals surface area contributed by atoms with Crippen molar-refractivity contribution in [3.63, 3.8) is 0 Å². The first-order valence-electron chi connectivity index (χ1n) is 7.37. The average molecular weight is 401 g/mol. The number of rotatable bonds is 1. The summed E-state index contributed by atoms with van der Waals surface area (Å²) in [5.74, 6) is 0.179. The van der Waals surface area contributed by atoms with E-state index in [-0.39, 0.29) is 11.3 Å². The molecule has 120 valence electrons. The summed E-state index contributed by atoms with van der Waals surface area (Å²) >= 11 is 4.94. The molecule has 6 heteroatoms. The second-order valence-corrected chi connectivity index (χ2v) is 7.54. The number of thiazole rings is 1. The number of fused-ring (bicyclic) bond motifs is 3. The SMILES string of the molecule is Cc1cc2c(nc3sc(=Cc4cccc(O)c4)c(=O)n32)c(Br)c1C. The van der Waals surface area contributed by atoms with E-state index in [0.29, 0.717) is 9.49 Å². The lowest BCUT2D eigenvalue weighted by molar-refractivity contribution is 0.475. The van der Waals surface area contributed by atoms with Crippen LogP contribution in [0.4, 0.5) is 0 Å². The summed E-state index contributed by atoms with van der Waals surface area (Å²) in [4.78, 5) is 18.1. The molecule has 0 unspecified atom stereocenters. The van der Waals surface area contributed by atoms with Crippen molar-refractivity contribution in [2.24, 2.45) is 0 Å². The molecule has 0 amide bonds. The molecule has 0 bridgehead atoms. The van der Waals surface area contributed by atoms with Gasteiger partial charge in [0.05, 0.1) is 10.0 Å². The lowest BCUT2D eigenvalue weighted by Gasteiger charge is -2.03. The van der Waals surface area contributed by atoms with Crippen LogP contribution < -0.4 is 10.1 Å². The molecule has 0 saturated heterocycles. The second kappa shape index (κ2) is 5.43. The van der Waals surface area contributed by atoms with Gasteiger partial charge in [-0.25, -0.2) is 9.38 Å². The lowest BCUT2D eigenvalue weighted by Crippen LogP contribution is -2.22. The van der Waals surface area contributed by atoms with Gasteiger partial charge in [0.25, 0.3) is 5.56 Å². The maximum atomic E-state index is 12.8. The van der Waals surface area contributed by atoms with Crippen molar-refractivity contribution in [3.8, 4) is 5.75 Å². The van der Waals surface area contributed by atoms with Crippen molar-refractivity contribution >= 4 is 49.3 Å². The minimum atomic E-state index is -0.0870. The number of aromatic nitrogens is 2. The Morgan fingerprint density at radius 1 is 1.29 bits per heavy atom. The van der Waals surface area contributed by atoms with E-state index in [4.69, 9.17) is 0 Å². The van der Waals surface area contributed by atoms with Crippen LogP contribution in [-0.4, -0.2) is 14.5 Å². The molecule has 1 N–H and O–H groups in total. The Morgan fingerprint density at radius 3 is 2.83 bits per heavy atom. The predicted molar refractivity (Wildman–Crippen MR) is 101 cm³/mol. The van der Waals surface area contributed by atoms with Gasteiger partial charge in [0, 0.05) is 4.47 Å². The lowest BCUT2D eigenvalue weighted by atomic mass is 10.1. The van der Waals surface area contributed by atoms with Crippen LogP contribution >= 0.6 is 27.3 Å². The number of nitrogens with zero attached hydrogens (tertiary/aromatic N) is 2. The third kappa shape index (κ3) is 2.25. The molecule has 0 fully saturated rings. The van der Waals surface area contributed by atoms with Crippen LogP contribution in [0, 0.1) is 13.8 Å². The molecular weight excluding hydrogens is 388 g/mol. The fraction of sp³-hybridized carbons (Fsp3) is 0.111. The number of aromatic hydroxyl groups is 1. The molecule has 0 atom stereocenters. The molecule has 4 nitrogen and oxygen atoms in total. The molecule has 0 radical (unpaired) electrons. The van der Waals surface area contributed by atoms with Crippen molar-refractivity contribution < 1.29 is 5.11 Å². The first-order valence-corrected chi connectivity index (χ1v) is 8.98. The predicted octanol–water partition coefficient (Wildman–Crippen LogP) is 3.54. The van der Waals surface area contributed by atoms with Gasteiger partial charge in [-0.15, -0.1) is 0 Å². The molecule has 0 spiro atoms. The van der Waals surface area contributed by atoms with E-state index in [1.54, 1.807) is 28.7 Å². The van der Waals surface area contributed by atoms with E-state index >= 15 is 0 Å². The summed E-state index contributed by atoms with van der Waals surface area (Å²) in [6.45, 7) is 4.06. The smallest absolute Gasteiger partial charge is 0.274 e. The number of halogens is 1. The van der Waals surface area contributed by atoms with E-state index in [2.05, 4.69) is 20.9 Å². The minimum absolute atomic E-state index is 0.0870. The van der Waals surface area contributed by atoms with E-state index in [1.807, 2.05) is 26.0 Å². The number of imidazole rings is 1. The summed E-state index contributed by atoms with van der Waals surface area (Å²) in [6, 6.07) is 8.84. The fourth-order valence-corrected chi connectivity index (χ4v) is 4.33. The largest absolute Gasteiger partial charge is 0.508 e. The van der Waals surface area contributed by atoms with Gasteiger partial charge in [0.15, 0.2) is 4.96 Å². The van der Waals surface area contributed by atoms with Crippen LogP contribution in [0.25, 0.3) is 22.1 Å². The standard InChI is InChI=1S/C18H13BrN2O2S/c1-9-6-13-16(15(19)10(9)2)20-18-21(13)17(23)14(24-18)8-11-4-3-5-12(22)7-11/h3-8,22H,1-2H3. The van der Waals surface area contributed by atoms with Gasteiger partial charge >= 0.3 is 0 Å². The van der Waals surface area contributed by atoms with Crippen LogP contribution in [0.3, 0.4) is 0 Å². The monoisotopic (exact) mass is 400 g/mol. The molecular formula is C18H13BrN2O2S. The molecule has 0 saturated carbocycles. The van der Waals surface area contributed by atoms with Crippen LogP contribution in [-0.2, 0) is 0 Å². The van der Waals surface area contributed by atoms with Gasteiger partial charge in [-0.2, -0.15) is 0 Å². The van der Waals surface area contributed by atoms with Crippen molar-refractivity contribution in [2.45, 2.75) is 13.8 Å². The molecule has 24 heavy (non-hydrogen) atoms. The maximum Gasteiger partial charge on any atom is 0.274 e. The van der Waals surface area contributed by atoms with Crippen LogP contribution in [0.2, 0.25) is 0 Å². The van der Waals surface area contributed by atoms with E-state index < -0.39 is 0 Å². The van der Waals surface area contributed by atoms with E-state index in [9.17, 15) is 9.90 Å². The number of hydrogen-bond acceptors (Lipinski definition) is 4. The van der Waals surface area contributed by atoms with Crippen molar-refractivity contribution in [1.29, 1.82) is 0 Å². The Bertz CT molecular complexity index is 1220. The molecule has 0 aliphatic carbocycles. The van der Waals surface area contributed by atoms with Crippen LogP contribution in [0.1, 0.15) is 16.7 Å². The quantitative estimate of drug-likeness (QED) is 0.531. The van der Waals surface area contributed by atoms with Crippen molar-refractivity contribution in [2.75, 3.05) is 0 Å². The Hall–Kier alpha value is -2.18. The minimum Gasteiger partial charge on any atom is -0.508 e. The molecule has 4 aromatic rings. The van der Waals surface area contributed by atoms with Crippen LogP contribution in [0.5, 0.6) is 5.75 Å². The fourth-order valence-electron chi connectivity index (χ4n) is 2.74. The number of hydrogen-bond donors (Lipinski definition) is 1. The highest BCUT2D eigenvalue weighted by Gasteiger charge is 2.15. The molecule has 2 aromatic carbocycles. The summed E-state index contributed by atoms with van der Waals surface area (Å²) in [5.41, 5.74) is 4.57. The number of phenols is 1. The first kappa shape index (κ1) is 15.4. The van der Waals surface area contributed by atoms with Gasteiger partial charge in [-0.05, 0) is 70.7 Å². The third-order valence-electron chi connectivity index (χ3n) is 4.15. The van der Waals surface area contributed by atoms with Gasteiger partial charge in [0.2, 0.25) is 0 Å². The molecule has 2 heterocycles. The van der Waals surface area contributed by atoms with Gasteiger partial charge in [-0.3, -0.25) is 4.79 Å². The number of benzene rings is 2. The summed E-state index contributed by atoms with van der Waals surface area (Å²) in [5, 5.41) is 9.57. The topological polar surface area (TPSA) is 54.6 Å². The molecule has 4 rings (SSSR count). The number of aryl methyl sites for hydroxylation is 1. The number of phenolic OH excluding ortho intramolecular Hbond substituents is 1. The van der Waals surface area contributed by atoms with E-state index in [1.165, 1.54) is 11.3 Å². The van der Waals surface area contributed by atoms with Crippen molar-refractivity contribution in [3.05, 3.63) is 66.4 Å². The molecule has 2 aromatic heterocycles. The average Bonchev–Trinajstić information content (AvgIpc) is 3.03. The summed E-state index contributed by atoms with van der Waals surface area (Å²) in [6.07, 6.45) is 1.78. The third-order valence-corrected chi connectivity index (χ3v) is 6.09. The Labute approximate surface area is 149 Å². The second-order valence-electron chi connectivity index (χ2n) is 5.74. The summed E-state index contributed by atoms with van der Waals surface area (Å²) < 4.78 is 3.19. The highest BCUT2D eigenvalue weighted by Crippen LogP contribution is 2.30. The van der Waals surface area contributed by atoms with Gasteiger partial charge in [-0.1, -0.05) is 23.5 Å². The molecule has 0 aliphatic heterocycles. The Balaban J connectivity index is 2.05. The Morgan fingerprint density at radius 2 is 2.08 bits per heavy atom.